The Morgan fingerprint density at radius 3 is 3.08 bits per heavy atom. The van der Waals surface area contributed by atoms with E-state index >= 15 is 0 Å². The molecule has 1 heterocycles. The minimum absolute atomic E-state index is 0.114. The number of aryl methyl sites for hydroxylation is 1. The van der Waals surface area contributed by atoms with Gasteiger partial charge in [-0.1, -0.05) is 5.92 Å². The third-order valence-electron chi connectivity index (χ3n) is 1.63. The summed E-state index contributed by atoms with van der Waals surface area (Å²) in [6.07, 6.45) is 5.04. The molecule has 68 valence electrons. The molecule has 0 fully saturated rings. The molecule has 2 nitrogen and oxygen atoms in total. The Morgan fingerprint density at radius 2 is 2.54 bits per heavy atom. The zero-order valence-electron chi connectivity index (χ0n) is 7.46. The van der Waals surface area contributed by atoms with Crippen molar-refractivity contribution >= 4 is 17.1 Å². The first kappa shape index (κ1) is 9.97. The summed E-state index contributed by atoms with van der Waals surface area (Å²) < 4.78 is 0. The van der Waals surface area contributed by atoms with E-state index in [1.54, 1.807) is 0 Å². The Balaban J connectivity index is 2.50. The average molecular weight is 193 g/mol. The Kier molecular flexibility index (Phi) is 3.69. The van der Waals surface area contributed by atoms with Gasteiger partial charge in [-0.25, -0.2) is 0 Å². The van der Waals surface area contributed by atoms with Gasteiger partial charge in [-0.3, -0.25) is 10.1 Å². The first-order valence-electron chi connectivity index (χ1n) is 3.97. The Bertz CT molecular complexity index is 335. The maximum absolute atomic E-state index is 11.5. The van der Waals surface area contributed by atoms with Crippen LogP contribution in [0, 0.1) is 19.3 Å². The number of carbonyl (C=O) groups excluding carboxylic acids is 1. The molecule has 0 amide bonds. The number of nitrogens with one attached hydrogen (secondary N) is 1. The molecule has 0 saturated heterocycles. The van der Waals surface area contributed by atoms with Crippen molar-refractivity contribution in [3.8, 4) is 12.3 Å². The van der Waals surface area contributed by atoms with E-state index in [4.69, 9.17) is 6.42 Å². The van der Waals surface area contributed by atoms with Gasteiger partial charge in [0.1, 0.15) is 0 Å². The number of carbonyl (C=O) groups is 1. The van der Waals surface area contributed by atoms with Crippen LogP contribution in [0.15, 0.2) is 11.4 Å². The molecule has 1 rings (SSSR count). The molecule has 0 unspecified atom stereocenters. The van der Waals surface area contributed by atoms with Crippen LogP contribution in [-0.4, -0.2) is 18.9 Å². The SMILES string of the molecule is C#CCNCC(=O)c1sccc1C. The molecule has 0 radical (unpaired) electrons. The lowest BCUT2D eigenvalue weighted by atomic mass is 10.2. The summed E-state index contributed by atoms with van der Waals surface area (Å²) >= 11 is 1.47. The fraction of sp³-hybridized carbons (Fsp3) is 0.300. The van der Waals surface area contributed by atoms with Crippen LogP contribution in [0.4, 0.5) is 0 Å². The van der Waals surface area contributed by atoms with E-state index in [0.29, 0.717) is 13.1 Å². The lowest BCUT2D eigenvalue weighted by molar-refractivity contribution is 0.0996. The Hall–Kier alpha value is -1.11. The molecule has 1 aromatic heterocycles. The Labute approximate surface area is 82.0 Å². The van der Waals surface area contributed by atoms with Crippen LogP contribution in [0.2, 0.25) is 0 Å². The van der Waals surface area contributed by atoms with Crippen molar-refractivity contribution in [3.05, 3.63) is 21.9 Å². The molecule has 1 aromatic rings. The second-order valence-electron chi connectivity index (χ2n) is 2.66. The molecule has 0 aromatic carbocycles. The fourth-order valence-electron chi connectivity index (χ4n) is 0.987. The molecule has 3 heteroatoms. The first-order chi connectivity index (χ1) is 6.25. The van der Waals surface area contributed by atoms with Gasteiger partial charge in [0.2, 0.25) is 0 Å². The maximum atomic E-state index is 11.5. The maximum Gasteiger partial charge on any atom is 0.186 e. The molecule has 0 aliphatic heterocycles. The molecule has 0 aliphatic rings. The zero-order valence-corrected chi connectivity index (χ0v) is 8.28. The zero-order chi connectivity index (χ0) is 9.68. The normalized spacial score (nSPS) is 9.54. The summed E-state index contributed by atoms with van der Waals surface area (Å²) in [7, 11) is 0. The van der Waals surface area contributed by atoms with Gasteiger partial charge in [-0.15, -0.1) is 17.8 Å². The van der Waals surface area contributed by atoms with Crippen LogP contribution in [0.25, 0.3) is 0 Å². The van der Waals surface area contributed by atoms with E-state index in [-0.39, 0.29) is 5.78 Å². The van der Waals surface area contributed by atoms with Crippen LogP contribution in [-0.2, 0) is 0 Å². The average Bonchev–Trinajstić information content (AvgIpc) is 2.52. The molecule has 0 aliphatic carbocycles. The number of rotatable bonds is 4. The van der Waals surface area contributed by atoms with Crippen LogP contribution < -0.4 is 5.32 Å². The highest BCUT2D eigenvalue weighted by atomic mass is 32.1. The van der Waals surface area contributed by atoms with Crippen LogP contribution in [0.5, 0.6) is 0 Å². The van der Waals surface area contributed by atoms with E-state index in [1.807, 2.05) is 18.4 Å². The number of Topliss-reactive ketones (excluding diaryl/α,β-unsaturated/α-hetero) is 1. The number of thiophene rings is 1. The van der Waals surface area contributed by atoms with Gasteiger partial charge in [-0.05, 0) is 23.9 Å². The van der Waals surface area contributed by atoms with Crippen LogP contribution >= 0.6 is 11.3 Å². The topological polar surface area (TPSA) is 29.1 Å². The van der Waals surface area contributed by atoms with Gasteiger partial charge in [0.15, 0.2) is 5.78 Å². The van der Waals surface area contributed by atoms with Crippen molar-refractivity contribution in [2.75, 3.05) is 13.1 Å². The lowest BCUT2D eigenvalue weighted by Gasteiger charge is -1.98. The molecule has 0 atom stereocenters. The highest BCUT2D eigenvalue weighted by Crippen LogP contribution is 2.15. The van der Waals surface area contributed by atoms with E-state index in [9.17, 15) is 4.79 Å². The number of ketones is 1. The van der Waals surface area contributed by atoms with Crippen LogP contribution in [0.1, 0.15) is 15.2 Å². The minimum atomic E-state index is 0.114. The smallest absolute Gasteiger partial charge is 0.186 e. The lowest BCUT2D eigenvalue weighted by Crippen LogP contribution is -2.22. The third kappa shape index (κ3) is 2.69. The van der Waals surface area contributed by atoms with E-state index in [0.717, 1.165) is 10.4 Å². The summed E-state index contributed by atoms with van der Waals surface area (Å²) in [5, 5.41) is 4.79. The quantitative estimate of drug-likeness (QED) is 0.445. The summed E-state index contributed by atoms with van der Waals surface area (Å²) in [4.78, 5) is 12.3. The summed E-state index contributed by atoms with van der Waals surface area (Å²) in [6.45, 7) is 2.70. The van der Waals surface area contributed by atoms with E-state index in [2.05, 4.69) is 11.2 Å². The van der Waals surface area contributed by atoms with Crippen molar-refractivity contribution in [2.45, 2.75) is 6.92 Å². The highest BCUT2D eigenvalue weighted by Gasteiger charge is 2.08. The van der Waals surface area contributed by atoms with Crippen molar-refractivity contribution in [1.82, 2.24) is 5.32 Å². The summed E-state index contributed by atoms with van der Waals surface area (Å²) in [5.41, 5.74) is 1.04. The fourth-order valence-corrected chi connectivity index (χ4v) is 1.85. The molecule has 0 spiro atoms. The minimum Gasteiger partial charge on any atom is -0.299 e. The first-order valence-corrected chi connectivity index (χ1v) is 4.85. The molecule has 1 N–H and O–H groups in total. The van der Waals surface area contributed by atoms with Gasteiger partial charge in [-0.2, -0.15) is 0 Å². The Morgan fingerprint density at radius 1 is 1.77 bits per heavy atom. The van der Waals surface area contributed by atoms with Gasteiger partial charge in [0.05, 0.1) is 18.0 Å². The van der Waals surface area contributed by atoms with Crippen molar-refractivity contribution in [3.63, 3.8) is 0 Å². The molecule has 13 heavy (non-hydrogen) atoms. The predicted octanol–water partition coefficient (Wildman–Crippen LogP) is 1.46. The number of hydrogen-bond acceptors (Lipinski definition) is 3. The second kappa shape index (κ2) is 4.80. The number of hydrogen-bond donors (Lipinski definition) is 1. The van der Waals surface area contributed by atoms with Crippen LogP contribution in [0.3, 0.4) is 0 Å². The predicted molar refractivity (Wildman–Crippen MR) is 55.1 cm³/mol. The van der Waals surface area contributed by atoms with E-state index < -0.39 is 0 Å². The molecule has 0 saturated carbocycles. The van der Waals surface area contributed by atoms with Gasteiger partial charge in [0, 0.05) is 0 Å². The largest absolute Gasteiger partial charge is 0.299 e. The van der Waals surface area contributed by atoms with Gasteiger partial charge in [0.25, 0.3) is 0 Å². The van der Waals surface area contributed by atoms with Crippen molar-refractivity contribution in [2.24, 2.45) is 0 Å². The van der Waals surface area contributed by atoms with Gasteiger partial charge < -0.3 is 0 Å². The van der Waals surface area contributed by atoms with Crippen molar-refractivity contribution in [1.29, 1.82) is 0 Å². The van der Waals surface area contributed by atoms with E-state index in [1.165, 1.54) is 11.3 Å². The standard InChI is InChI=1S/C10H11NOS/c1-3-5-11-7-9(12)10-8(2)4-6-13-10/h1,4,6,11H,5,7H2,2H3. The van der Waals surface area contributed by atoms with Gasteiger partial charge >= 0.3 is 0 Å². The monoisotopic (exact) mass is 193 g/mol. The third-order valence-corrected chi connectivity index (χ3v) is 2.69. The molecular weight excluding hydrogens is 182 g/mol. The highest BCUT2D eigenvalue weighted by molar-refractivity contribution is 7.12. The summed E-state index contributed by atoms with van der Waals surface area (Å²) in [5.74, 6) is 2.54. The summed E-state index contributed by atoms with van der Waals surface area (Å²) in [6, 6.07) is 1.94. The molecule has 0 bridgehead atoms. The second-order valence-corrected chi connectivity index (χ2v) is 3.58. The number of terminal acetylenes is 1. The molecular formula is C10H11NOS. The van der Waals surface area contributed by atoms with Crippen molar-refractivity contribution < 1.29 is 4.79 Å².